The van der Waals surface area contributed by atoms with Crippen LogP contribution in [0.5, 0.6) is 11.5 Å². The third-order valence-corrected chi connectivity index (χ3v) is 2.77. The van der Waals surface area contributed by atoms with Crippen LogP contribution in [-0.2, 0) is 0 Å². The summed E-state index contributed by atoms with van der Waals surface area (Å²) in [5, 5.41) is 12.3. The van der Waals surface area contributed by atoms with Crippen LogP contribution < -0.4 is 15.8 Å². The van der Waals surface area contributed by atoms with Gasteiger partial charge in [0.05, 0.1) is 7.11 Å². The molecule has 5 nitrogen and oxygen atoms in total. The van der Waals surface area contributed by atoms with Gasteiger partial charge in [0.15, 0.2) is 11.5 Å². The van der Waals surface area contributed by atoms with Crippen LogP contribution in [0.1, 0.15) is 30.1 Å². The van der Waals surface area contributed by atoms with E-state index < -0.39 is 0 Å². The number of ether oxygens (including phenoxy) is 1. The summed E-state index contributed by atoms with van der Waals surface area (Å²) in [5.74, 6) is 0.0752. The fraction of sp³-hybridized carbons (Fsp3) is 0.462. The number of hydrogen-bond acceptors (Lipinski definition) is 4. The predicted octanol–water partition coefficient (Wildman–Crippen LogP) is 1.26. The minimum absolute atomic E-state index is 0.0459. The quantitative estimate of drug-likeness (QED) is 0.711. The fourth-order valence-electron chi connectivity index (χ4n) is 1.51. The molecule has 1 unspecified atom stereocenters. The van der Waals surface area contributed by atoms with Crippen LogP contribution in [0.25, 0.3) is 0 Å². The molecule has 1 aromatic carbocycles. The van der Waals surface area contributed by atoms with Crippen molar-refractivity contribution < 1.29 is 14.6 Å². The second-order valence-corrected chi connectivity index (χ2v) is 4.10. The summed E-state index contributed by atoms with van der Waals surface area (Å²) in [6, 6.07) is 4.65. The highest BCUT2D eigenvalue weighted by Crippen LogP contribution is 2.25. The van der Waals surface area contributed by atoms with Gasteiger partial charge in [-0.05, 0) is 31.0 Å². The Morgan fingerprint density at radius 1 is 1.56 bits per heavy atom. The zero-order valence-corrected chi connectivity index (χ0v) is 10.8. The normalized spacial score (nSPS) is 11.9. The first-order valence-electron chi connectivity index (χ1n) is 5.99. The maximum atomic E-state index is 11.8. The lowest BCUT2D eigenvalue weighted by Gasteiger charge is -2.10. The van der Waals surface area contributed by atoms with Gasteiger partial charge in [-0.2, -0.15) is 0 Å². The molecule has 0 aliphatic heterocycles. The van der Waals surface area contributed by atoms with Crippen molar-refractivity contribution in [3.8, 4) is 11.5 Å². The minimum atomic E-state index is -0.226. The van der Waals surface area contributed by atoms with E-state index in [1.807, 2.05) is 6.92 Å². The Labute approximate surface area is 107 Å². The minimum Gasteiger partial charge on any atom is -0.504 e. The largest absolute Gasteiger partial charge is 0.504 e. The number of hydrogen-bond donors (Lipinski definition) is 3. The van der Waals surface area contributed by atoms with Crippen LogP contribution in [0.15, 0.2) is 18.2 Å². The number of nitrogens with one attached hydrogen (secondary N) is 1. The number of carbonyl (C=O) groups excluding carboxylic acids is 1. The molecule has 0 heterocycles. The maximum absolute atomic E-state index is 11.8. The lowest BCUT2D eigenvalue weighted by molar-refractivity contribution is 0.0952. The standard InChI is InChI=1S/C13H20N2O3/c1-3-10(14)6-7-15-13(17)9-4-5-12(18-2)11(16)8-9/h4-5,8,10,16H,3,6-7,14H2,1-2H3,(H,15,17). The van der Waals surface area contributed by atoms with Crippen LogP contribution in [0.3, 0.4) is 0 Å². The zero-order chi connectivity index (χ0) is 13.5. The van der Waals surface area contributed by atoms with E-state index in [0.29, 0.717) is 17.9 Å². The number of carbonyl (C=O) groups is 1. The van der Waals surface area contributed by atoms with Gasteiger partial charge in [0.1, 0.15) is 0 Å². The van der Waals surface area contributed by atoms with Gasteiger partial charge in [0, 0.05) is 18.2 Å². The van der Waals surface area contributed by atoms with E-state index in [1.165, 1.54) is 13.2 Å². The molecule has 4 N–H and O–H groups in total. The number of phenolic OH excluding ortho intramolecular Hbond substituents is 1. The molecule has 1 atom stereocenters. The van der Waals surface area contributed by atoms with Gasteiger partial charge in [-0.1, -0.05) is 6.92 Å². The number of aromatic hydroxyl groups is 1. The zero-order valence-electron chi connectivity index (χ0n) is 10.8. The lowest BCUT2D eigenvalue weighted by atomic mass is 10.1. The summed E-state index contributed by atoms with van der Waals surface area (Å²) in [4.78, 5) is 11.8. The van der Waals surface area contributed by atoms with Gasteiger partial charge in [-0.3, -0.25) is 4.79 Å². The Balaban J connectivity index is 2.54. The molecular formula is C13H20N2O3. The monoisotopic (exact) mass is 252 g/mol. The highest BCUT2D eigenvalue weighted by molar-refractivity contribution is 5.94. The number of phenols is 1. The van der Waals surface area contributed by atoms with E-state index >= 15 is 0 Å². The number of rotatable bonds is 6. The van der Waals surface area contributed by atoms with E-state index in [0.717, 1.165) is 12.8 Å². The van der Waals surface area contributed by atoms with Crippen molar-refractivity contribution in [1.29, 1.82) is 0 Å². The van der Waals surface area contributed by atoms with E-state index in [1.54, 1.807) is 12.1 Å². The highest BCUT2D eigenvalue weighted by atomic mass is 16.5. The number of methoxy groups -OCH3 is 1. The van der Waals surface area contributed by atoms with Gasteiger partial charge < -0.3 is 20.9 Å². The molecule has 0 aliphatic rings. The molecule has 0 aromatic heterocycles. The molecule has 1 rings (SSSR count). The van der Waals surface area contributed by atoms with E-state index in [9.17, 15) is 9.90 Å². The van der Waals surface area contributed by atoms with Crippen molar-refractivity contribution in [2.75, 3.05) is 13.7 Å². The van der Waals surface area contributed by atoms with Crippen molar-refractivity contribution in [3.63, 3.8) is 0 Å². The van der Waals surface area contributed by atoms with Crippen molar-refractivity contribution in [2.24, 2.45) is 5.73 Å². The molecular weight excluding hydrogens is 232 g/mol. The smallest absolute Gasteiger partial charge is 0.251 e. The molecule has 0 bridgehead atoms. The lowest BCUT2D eigenvalue weighted by Crippen LogP contribution is -2.30. The average Bonchev–Trinajstić information content (AvgIpc) is 2.38. The van der Waals surface area contributed by atoms with Crippen LogP contribution >= 0.6 is 0 Å². The Kier molecular flexibility index (Phi) is 5.45. The van der Waals surface area contributed by atoms with Gasteiger partial charge in [0.2, 0.25) is 0 Å². The Morgan fingerprint density at radius 2 is 2.28 bits per heavy atom. The SMILES string of the molecule is CCC(N)CCNC(=O)c1ccc(OC)c(O)c1. The summed E-state index contributed by atoms with van der Waals surface area (Å²) in [6.07, 6.45) is 1.63. The van der Waals surface area contributed by atoms with Gasteiger partial charge >= 0.3 is 0 Å². The van der Waals surface area contributed by atoms with Crippen LogP contribution in [0.4, 0.5) is 0 Å². The Morgan fingerprint density at radius 3 is 2.83 bits per heavy atom. The Bertz CT molecular complexity index is 407. The molecule has 1 amide bonds. The molecule has 0 radical (unpaired) electrons. The van der Waals surface area contributed by atoms with Crippen molar-refractivity contribution >= 4 is 5.91 Å². The molecule has 1 aromatic rings. The summed E-state index contributed by atoms with van der Waals surface area (Å²) in [6.45, 7) is 2.54. The van der Waals surface area contributed by atoms with Crippen molar-refractivity contribution in [1.82, 2.24) is 5.32 Å². The number of benzene rings is 1. The summed E-state index contributed by atoms with van der Waals surface area (Å²) in [5.41, 5.74) is 6.15. The third kappa shape index (κ3) is 3.92. The first-order chi connectivity index (χ1) is 8.58. The topological polar surface area (TPSA) is 84.6 Å². The molecule has 0 saturated carbocycles. The van der Waals surface area contributed by atoms with Gasteiger partial charge in [-0.25, -0.2) is 0 Å². The molecule has 0 aliphatic carbocycles. The van der Waals surface area contributed by atoms with E-state index in [-0.39, 0.29) is 17.7 Å². The second kappa shape index (κ2) is 6.86. The second-order valence-electron chi connectivity index (χ2n) is 4.10. The summed E-state index contributed by atoms with van der Waals surface area (Å²) in [7, 11) is 1.46. The van der Waals surface area contributed by atoms with Crippen LogP contribution in [-0.4, -0.2) is 30.7 Å². The van der Waals surface area contributed by atoms with Crippen molar-refractivity contribution in [2.45, 2.75) is 25.8 Å². The molecule has 5 heteroatoms. The van der Waals surface area contributed by atoms with Crippen molar-refractivity contribution in [3.05, 3.63) is 23.8 Å². The Hall–Kier alpha value is -1.75. The first-order valence-corrected chi connectivity index (χ1v) is 5.99. The summed E-state index contributed by atoms with van der Waals surface area (Å²) >= 11 is 0. The van der Waals surface area contributed by atoms with Gasteiger partial charge in [-0.15, -0.1) is 0 Å². The van der Waals surface area contributed by atoms with Gasteiger partial charge in [0.25, 0.3) is 5.91 Å². The molecule has 100 valence electrons. The molecule has 0 fully saturated rings. The fourth-order valence-corrected chi connectivity index (χ4v) is 1.51. The predicted molar refractivity (Wildman–Crippen MR) is 69.9 cm³/mol. The van der Waals surface area contributed by atoms with Crippen LogP contribution in [0.2, 0.25) is 0 Å². The maximum Gasteiger partial charge on any atom is 0.251 e. The molecule has 18 heavy (non-hydrogen) atoms. The third-order valence-electron chi connectivity index (χ3n) is 2.77. The number of amides is 1. The van der Waals surface area contributed by atoms with E-state index in [2.05, 4.69) is 5.32 Å². The highest BCUT2D eigenvalue weighted by Gasteiger charge is 2.09. The molecule has 0 spiro atoms. The van der Waals surface area contributed by atoms with Crippen LogP contribution in [0, 0.1) is 0 Å². The number of nitrogens with two attached hydrogens (primary N) is 1. The van der Waals surface area contributed by atoms with E-state index in [4.69, 9.17) is 10.5 Å². The molecule has 0 saturated heterocycles. The average molecular weight is 252 g/mol. The summed E-state index contributed by atoms with van der Waals surface area (Å²) < 4.78 is 4.91. The first kappa shape index (κ1) is 14.3.